The minimum Gasteiger partial charge on any atom is -0.352 e. The maximum atomic E-state index is 5.63. The smallest absolute Gasteiger partial charge is 0.170 e. The summed E-state index contributed by atoms with van der Waals surface area (Å²) >= 11 is 0. The topological polar surface area (TPSA) is 21.7 Å². The molecule has 2 aliphatic carbocycles. The van der Waals surface area contributed by atoms with Crippen LogP contribution < -0.4 is 0 Å². The van der Waals surface area contributed by atoms with Crippen molar-refractivity contribution in [3.63, 3.8) is 0 Å². The molecule has 0 radical (unpaired) electrons. The van der Waals surface area contributed by atoms with Gasteiger partial charge in [0.05, 0.1) is 0 Å². The summed E-state index contributed by atoms with van der Waals surface area (Å²) in [6.45, 7) is 7.78. The predicted octanol–water partition coefficient (Wildman–Crippen LogP) is 2.26. The summed E-state index contributed by atoms with van der Waals surface area (Å²) in [5.41, 5.74) is 0. The van der Waals surface area contributed by atoms with E-state index in [0.29, 0.717) is 0 Å². The molecule has 2 aliphatic rings. The largest absolute Gasteiger partial charge is 0.352 e. The zero-order valence-electron chi connectivity index (χ0n) is 10.7. The van der Waals surface area contributed by atoms with Crippen molar-refractivity contribution in [2.45, 2.75) is 51.9 Å². The summed E-state index contributed by atoms with van der Waals surface area (Å²) in [6, 6.07) is 0.823. The van der Waals surface area contributed by atoms with Crippen molar-refractivity contribution < 1.29 is 9.47 Å². The highest BCUT2D eigenvalue weighted by molar-refractivity contribution is 4.88. The van der Waals surface area contributed by atoms with E-state index in [-0.39, 0.29) is 6.29 Å². The van der Waals surface area contributed by atoms with Gasteiger partial charge in [0.15, 0.2) is 6.29 Å². The van der Waals surface area contributed by atoms with Crippen molar-refractivity contribution in [2.75, 3.05) is 26.3 Å². The van der Waals surface area contributed by atoms with Crippen LogP contribution in [-0.4, -0.2) is 43.5 Å². The molecule has 2 rings (SSSR count). The number of rotatable bonds is 9. The van der Waals surface area contributed by atoms with E-state index in [1.165, 1.54) is 32.2 Å². The van der Waals surface area contributed by atoms with Crippen LogP contribution in [0.1, 0.15) is 39.5 Å². The van der Waals surface area contributed by atoms with E-state index in [2.05, 4.69) is 4.90 Å². The van der Waals surface area contributed by atoms with Gasteiger partial charge in [-0.1, -0.05) is 0 Å². The first kappa shape index (κ1) is 12.3. The molecule has 16 heavy (non-hydrogen) atoms. The molecular formula is C13H25NO2. The molecule has 0 amide bonds. The standard InChI is InChI=1S/C13H25NO2/c1-3-15-13(16-4-2)10-14(12-7-8-12)9-11-5-6-11/h11-13H,3-10H2,1-2H3. The number of nitrogens with zero attached hydrogens (tertiary/aromatic N) is 1. The summed E-state index contributed by atoms with van der Waals surface area (Å²) in [5.74, 6) is 0.963. The SMILES string of the molecule is CCOC(CN(CC1CC1)C1CC1)OCC. The maximum absolute atomic E-state index is 5.63. The fourth-order valence-corrected chi connectivity index (χ4v) is 2.16. The monoisotopic (exact) mass is 227 g/mol. The Bertz CT molecular complexity index is 196. The molecule has 0 unspecified atom stereocenters. The van der Waals surface area contributed by atoms with E-state index >= 15 is 0 Å². The molecule has 94 valence electrons. The van der Waals surface area contributed by atoms with Crippen molar-refractivity contribution in [3.8, 4) is 0 Å². The quantitative estimate of drug-likeness (QED) is 0.564. The molecule has 3 nitrogen and oxygen atoms in total. The fraction of sp³-hybridized carbons (Fsp3) is 1.00. The zero-order chi connectivity index (χ0) is 11.4. The first-order valence-electron chi connectivity index (χ1n) is 6.80. The predicted molar refractivity (Wildman–Crippen MR) is 64.4 cm³/mol. The number of hydrogen-bond donors (Lipinski definition) is 0. The van der Waals surface area contributed by atoms with Crippen LogP contribution in [0.5, 0.6) is 0 Å². The highest BCUT2D eigenvalue weighted by Gasteiger charge is 2.34. The van der Waals surface area contributed by atoms with E-state index in [4.69, 9.17) is 9.47 Å². The number of hydrogen-bond acceptors (Lipinski definition) is 3. The Balaban J connectivity index is 1.76. The van der Waals surface area contributed by atoms with Gasteiger partial charge < -0.3 is 9.47 Å². The summed E-state index contributed by atoms with van der Waals surface area (Å²) < 4.78 is 11.3. The van der Waals surface area contributed by atoms with Crippen LogP contribution in [0.25, 0.3) is 0 Å². The van der Waals surface area contributed by atoms with E-state index in [1.54, 1.807) is 0 Å². The van der Waals surface area contributed by atoms with Gasteiger partial charge >= 0.3 is 0 Å². The minimum absolute atomic E-state index is 0.0191. The Morgan fingerprint density at radius 3 is 2.12 bits per heavy atom. The van der Waals surface area contributed by atoms with Crippen molar-refractivity contribution >= 4 is 0 Å². The summed E-state index contributed by atoms with van der Waals surface area (Å²) in [5, 5.41) is 0. The van der Waals surface area contributed by atoms with Crippen LogP contribution in [-0.2, 0) is 9.47 Å². The van der Waals surface area contributed by atoms with Crippen molar-refractivity contribution in [1.82, 2.24) is 4.90 Å². The molecule has 3 heteroatoms. The molecule has 0 aromatic rings. The van der Waals surface area contributed by atoms with Gasteiger partial charge in [0.1, 0.15) is 0 Å². The molecule has 0 bridgehead atoms. The molecule has 0 saturated heterocycles. The minimum atomic E-state index is -0.0191. The Hall–Kier alpha value is -0.120. The van der Waals surface area contributed by atoms with E-state index in [0.717, 1.165) is 31.7 Å². The van der Waals surface area contributed by atoms with Crippen LogP contribution in [0, 0.1) is 5.92 Å². The average molecular weight is 227 g/mol. The average Bonchev–Trinajstić information content (AvgIpc) is 3.12. The van der Waals surface area contributed by atoms with Gasteiger partial charge in [0, 0.05) is 32.3 Å². The Morgan fingerprint density at radius 2 is 1.69 bits per heavy atom. The molecule has 0 heterocycles. The van der Waals surface area contributed by atoms with Gasteiger partial charge in [-0.3, -0.25) is 4.90 Å². The first-order chi connectivity index (χ1) is 7.83. The van der Waals surface area contributed by atoms with Gasteiger partial charge in [-0.2, -0.15) is 0 Å². The Kier molecular flexibility index (Phi) is 4.62. The lowest BCUT2D eigenvalue weighted by molar-refractivity contribution is -0.148. The van der Waals surface area contributed by atoms with Crippen molar-refractivity contribution in [3.05, 3.63) is 0 Å². The van der Waals surface area contributed by atoms with Gasteiger partial charge in [0.25, 0.3) is 0 Å². The second-order valence-electron chi connectivity index (χ2n) is 4.97. The fourth-order valence-electron chi connectivity index (χ4n) is 2.16. The van der Waals surface area contributed by atoms with E-state index in [1.807, 2.05) is 13.8 Å². The van der Waals surface area contributed by atoms with Crippen LogP contribution in [0.2, 0.25) is 0 Å². The van der Waals surface area contributed by atoms with Gasteiger partial charge in [-0.15, -0.1) is 0 Å². The molecule has 2 fully saturated rings. The third kappa shape index (κ3) is 4.04. The second-order valence-corrected chi connectivity index (χ2v) is 4.97. The van der Waals surface area contributed by atoms with Gasteiger partial charge in [0.2, 0.25) is 0 Å². The van der Waals surface area contributed by atoms with Crippen LogP contribution in [0.4, 0.5) is 0 Å². The lowest BCUT2D eigenvalue weighted by Gasteiger charge is -2.27. The Morgan fingerprint density at radius 1 is 1.06 bits per heavy atom. The molecule has 0 N–H and O–H groups in total. The van der Waals surface area contributed by atoms with E-state index < -0.39 is 0 Å². The van der Waals surface area contributed by atoms with Crippen LogP contribution >= 0.6 is 0 Å². The third-order valence-corrected chi connectivity index (χ3v) is 3.34. The molecule has 0 aromatic heterocycles. The van der Waals surface area contributed by atoms with Gasteiger partial charge in [-0.25, -0.2) is 0 Å². The lowest BCUT2D eigenvalue weighted by Crippen LogP contribution is -2.38. The Labute approximate surface area is 99.1 Å². The zero-order valence-corrected chi connectivity index (χ0v) is 10.7. The van der Waals surface area contributed by atoms with Gasteiger partial charge in [-0.05, 0) is 45.4 Å². The first-order valence-corrected chi connectivity index (χ1v) is 6.80. The normalized spacial score (nSPS) is 21.0. The third-order valence-electron chi connectivity index (χ3n) is 3.34. The van der Waals surface area contributed by atoms with E-state index in [9.17, 15) is 0 Å². The lowest BCUT2D eigenvalue weighted by atomic mass is 10.3. The number of ether oxygens (including phenoxy) is 2. The molecule has 0 aromatic carbocycles. The van der Waals surface area contributed by atoms with Crippen LogP contribution in [0.3, 0.4) is 0 Å². The van der Waals surface area contributed by atoms with Crippen molar-refractivity contribution in [1.29, 1.82) is 0 Å². The molecule has 0 aliphatic heterocycles. The summed E-state index contributed by atoms with van der Waals surface area (Å²) in [7, 11) is 0. The van der Waals surface area contributed by atoms with Crippen LogP contribution in [0.15, 0.2) is 0 Å². The maximum Gasteiger partial charge on any atom is 0.170 e. The second kappa shape index (κ2) is 5.99. The highest BCUT2D eigenvalue weighted by atomic mass is 16.7. The highest BCUT2D eigenvalue weighted by Crippen LogP contribution is 2.34. The molecular weight excluding hydrogens is 202 g/mol. The molecule has 2 saturated carbocycles. The molecule has 0 spiro atoms. The summed E-state index contributed by atoms with van der Waals surface area (Å²) in [4.78, 5) is 2.59. The molecule has 0 atom stereocenters. The van der Waals surface area contributed by atoms with Crippen molar-refractivity contribution in [2.24, 2.45) is 5.92 Å². The summed E-state index contributed by atoms with van der Waals surface area (Å²) in [6.07, 6.45) is 5.58.